The lowest BCUT2D eigenvalue weighted by molar-refractivity contribution is 0.0527. The molecule has 0 aromatic carbocycles. The molecule has 0 atom stereocenters. The highest BCUT2D eigenvalue weighted by Gasteiger charge is 2.19. The molecule has 0 radical (unpaired) electrons. The Hall–Kier alpha value is -1.95. The van der Waals surface area contributed by atoms with Crippen LogP contribution >= 0.6 is 11.5 Å². The summed E-state index contributed by atoms with van der Waals surface area (Å²) >= 11 is 1.27. The van der Waals surface area contributed by atoms with E-state index in [1.807, 2.05) is 13.0 Å². The van der Waals surface area contributed by atoms with Gasteiger partial charge in [-0.25, -0.2) is 4.79 Å². The summed E-state index contributed by atoms with van der Waals surface area (Å²) in [5.41, 5.74) is 3.40. The zero-order chi connectivity index (χ0) is 15.2. The average Bonchev–Trinajstić information content (AvgIpc) is 2.86. The van der Waals surface area contributed by atoms with Crippen molar-refractivity contribution in [3.8, 4) is 0 Å². The van der Waals surface area contributed by atoms with Crippen LogP contribution in [0.15, 0.2) is 18.3 Å². The summed E-state index contributed by atoms with van der Waals surface area (Å²) in [6.07, 6.45) is 2.71. The minimum atomic E-state index is -0.331. The molecular weight excluding hydrogens is 286 g/mol. The fourth-order valence-electron chi connectivity index (χ4n) is 2.05. The number of rotatable bonds is 6. The van der Waals surface area contributed by atoms with Crippen molar-refractivity contribution in [2.24, 2.45) is 0 Å². The van der Waals surface area contributed by atoms with E-state index in [0.29, 0.717) is 24.4 Å². The molecule has 0 fully saturated rings. The Bertz CT molecular complexity index is 625. The van der Waals surface area contributed by atoms with Gasteiger partial charge in [0.25, 0.3) is 0 Å². The van der Waals surface area contributed by atoms with E-state index in [-0.39, 0.29) is 5.97 Å². The Morgan fingerprint density at radius 2 is 2.24 bits per heavy atom. The number of carbonyl (C=O) groups is 1. The van der Waals surface area contributed by atoms with Crippen molar-refractivity contribution in [2.45, 2.75) is 33.7 Å². The maximum Gasteiger partial charge on any atom is 0.343 e. The van der Waals surface area contributed by atoms with Gasteiger partial charge in [0.1, 0.15) is 10.6 Å². The SMILES string of the molecule is CCOC(=O)c1c(C)nsc1NCc1ncccc1CC. The van der Waals surface area contributed by atoms with E-state index in [1.165, 1.54) is 17.1 Å². The quantitative estimate of drug-likeness (QED) is 0.830. The van der Waals surface area contributed by atoms with Crippen LogP contribution in [0.1, 0.15) is 41.2 Å². The van der Waals surface area contributed by atoms with E-state index in [1.54, 1.807) is 13.1 Å². The van der Waals surface area contributed by atoms with Gasteiger partial charge in [-0.15, -0.1) is 0 Å². The summed E-state index contributed by atoms with van der Waals surface area (Å²) in [5, 5.41) is 3.99. The summed E-state index contributed by atoms with van der Waals surface area (Å²) < 4.78 is 9.31. The molecule has 2 rings (SSSR count). The number of esters is 1. The first-order valence-electron chi connectivity index (χ1n) is 6.97. The van der Waals surface area contributed by atoms with Crippen LogP contribution in [0.5, 0.6) is 0 Å². The first-order chi connectivity index (χ1) is 10.2. The highest BCUT2D eigenvalue weighted by atomic mass is 32.1. The molecule has 112 valence electrons. The summed E-state index contributed by atoms with van der Waals surface area (Å²) in [6, 6.07) is 4.00. The summed E-state index contributed by atoms with van der Waals surface area (Å²) in [5.74, 6) is -0.331. The molecular formula is C15H19N3O2S. The number of carbonyl (C=O) groups excluding carboxylic acids is 1. The highest BCUT2D eigenvalue weighted by molar-refractivity contribution is 7.10. The number of aromatic nitrogens is 2. The number of ether oxygens (including phenoxy) is 1. The minimum Gasteiger partial charge on any atom is -0.462 e. The van der Waals surface area contributed by atoms with Crippen LogP contribution in [0.4, 0.5) is 5.00 Å². The smallest absolute Gasteiger partial charge is 0.343 e. The second-order valence-corrected chi connectivity index (χ2v) is 5.28. The Balaban J connectivity index is 2.15. The van der Waals surface area contributed by atoms with Crippen molar-refractivity contribution in [1.29, 1.82) is 0 Å². The molecule has 2 aromatic rings. The van der Waals surface area contributed by atoms with Crippen molar-refractivity contribution >= 4 is 22.5 Å². The molecule has 1 N–H and O–H groups in total. The van der Waals surface area contributed by atoms with Crippen LogP contribution in [0.2, 0.25) is 0 Å². The Morgan fingerprint density at radius 3 is 2.95 bits per heavy atom. The lowest BCUT2D eigenvalue weighted by Gasteiger charge is -2.09. The third-order valence-corrected chi connectivity index (χ3v) is 4.02. The van der Waals surface area contributed by atoms with E-state index in [0.717, 1.165) is 17.1 Å². The number of anilines is 1. The summed E-state index contributed by atoms with van der Waals surface area (Å²) in [6.45, 7) is 6.63. The molecule has 0 bridgehead atoms. The molecule has 0 saturated heterocycles. The number of nitrogens with one attached hydrogen (secondary N) is 1. The van der Waals surface area contributed by atoms with E-state index < -0.39 is 0 Å². The maximum atomic E-state index is 12.0. The number of pyridine rings is 1. The number of aryl methyl sites for hydroxylation is 2. The average molecular weight is 305 g/mol. The van der Waals surface area contributed by atoms with Gasteiger partial charge in [0, 0.05) is 6.20 Å². The molecule has 0 aliphatic carbocycles. The van der Waals surface area contributed by atoms with Gasteiger partial charge < -0.3 is 10.1 Å². The van der Waals surface area contributed by atoms with Crippen LogP contribution in [0.25, 0.3) is 0 Å². The van der Waals surface area contributed by atoms with Gasteiger partial charge >= 0.3 is 5.97 Å². The molecule has 0 amide bonds. The first-order valence-corrected chi connectivity index (χ1v) is 7.74. The molecule has 21 heavy (non-hydrogen) atoms. The first kappa shape index (κ1) is 15.4. The zero-order valence-corrected chi connectivity index (χ0v) is 13.3. The molecule has 2 aromatic heterocycles. The number of nitrogens with zero attached hydrogens (tertiary/aromatic N) is 2. The van der Waals surface area contributed by atoms with Gasteiger partial charge in [0.2, 0.25) is 0 Å². The second kappa shape index (κ2) is 7.17. The molecule has 5 nitrogen and oxygen atoms in total. The minimum absolute atomic E-state index is 0.331. The van der Waals surface area contributed by atoms with Gasteiger partial charge in [-0.2, -0.15) is 4.37 Å². The molecule has 6 heteroatoms. The topological polar surface area (TPSA) is 64.1 Å². The van der Waals surface area contributed by atoms with Gasteiger partial charge in [0.05, 0.1) is 24.5 Å². The van der Waals surface area contributed by atoms with E-state index in [9.17, 15) is 4.79 Å². The third kappa shape index (κ3) is 3.58. The van der Waals surface area contributed by atoms with Crippen LogP contribution in [0, 0.1) is 6.92 Å². The Labute approximate surface area is 128 Å². The lowest BCUT2D eigenvalue weighted by Crippen LogP contribution is -2.10. The van der Waals surface area contributed by atoms with E-state index in [2.05, 4.69) is 27.7 Å². The molecule has 0 aliphatic rings. The van der Waals surface area contributed by atoms with Crippen molar-refractivity contribution in [3.63, 3.8) is 0 Å². The van der Waals surface area contributed by atoms with Gasteiger partial charge in [-0.3, -0.25) is 4.98 Å². The van der Waals surface area contributed by atoms with Gasteiger partial charge in [-0.1, -0.05) is 13.0 Å². The van der Waals surface area contributed by atoms with Crippen molar-refractivity contribution in [3.05, 3.63) is 40.8 Å². The third-order valence-electron chi connectivity index (χ3n) is 3.12. The Kier molecular flexibility index (Phi) is 5.27. The molecule has 0 saturated carbocycles. The molecule has 0 spiro atoms. The Morgan fingerprint density at radius 1 is 1.43 bits per heavy atom. The van der Waals surface area contributed by atoms with Crippen LogP contribution < -0.4 is 5.32 Å². The standard InChI is InChI=1S/C15H19N3O2S/c1-4-11-7-6-8-16-12(11)9-17-14-13(10(3)18-21-14)15(19)20-5-2/h6-8,17H,4-5,9H2,1-3H3. The highest BCUT2D eigenvalue weighted by Crippen LogP contribution is 2.26. The van der Waals surface area contributed by atoms with E-state index >= 15 is 0 Å². The van der Waals surface area contributed by atoms with Crippen molar-refractivity contribution in [2.75, 3.05) is 11.9 Å². The van der Waals surface area contributed by atoms with Gasteiger partial charge in [-0.05, 0) is 43.4 Å². The monoisotopic (exact) mass is 305 g/mol. The molecule has 0 unspecified atom stereocenters. The summed E-state index contributed by atoms with van der Waals surface area (Å²) in [4.78, 5) is 16.4. The van der Waals surface area contributed by atoms with Gasteiger partial charge in [0.15, 0.2) is 0 Å². The van der Waals surface area contributed by atoms with Crippen molar-refractivity contribution in [1.82, 2.24) is 9.36 Å². The normalized spacial score (nSPS) is 10.4. The van der Waals surface area contributed by atoms with Crippen molar-refractivity contribution < 1.29 is 9.53 Å². The fourth-order valence-corrected chi connectivity index (χ4v) is 2.83. The molecule has 0 aliphatic heterocycles. The van der Waals surface area contributed by atoms with Crippen LogP contribution in [-0.2, 0) is 17.7 Å². The summed E-state index contributed by atoms with van der Waals surface area (Å²) in [7, 11) is 0. The van der Waals surface area contributed by atoms with Crippen LogP contribution in [0.3, 0.4) is 0 Å². The zero-order valence-electron chi connectivity index (χ0n) is 12.5. The van der Waals surface area contributed by atoms with E-state index in [4.69, 9.17) is 4.74 Å². The predicted octanol–water partition coefficient (Wildman–Crippen LogP) is 3.20. The largest absolute Gasteiger partial charge is 0.462 e. The predicted molar refractivity (Wildman–Crippen MR) is 83.7 cm³/mol. The fraction of sp³-hybridized carbons (Fsp3) is 0.400. The number of hydrogen-bond donors (Lipinski definition) is 1. The second-order valence-electron chi connectivity index (χ2n) is 4.51. The molecule has 2 heterocycles. The number of hydrogen-bond acceptors (Lipinski definition) is 6. The van der Waals surface area contributed by atoms with Crippen LogP contribution in [-0.4, -0.2) is 21.9 Å². The maximum absolute atomic E-state index is 12.0. The lowest BCUT2D eigenvalue weighted by atomic mass is 10.1.